The molecule has 1 aromatic rings. The zero-order valence-corrected chi connectivity index (χ0v) is 13.5. The summed E-state index contributed by atoms with van der Waals surface area (Å²) < 4.78 is 5.89. The molecule has 2 aliphatic heterocycles. The number of ether oxygens (including phenoxy) is 1. The van der Waals surface area contributed by atoms with E-state index in [0.29, 0.717) is 11.3 Å². The van der Waals surface area contributed by atoms with Crippen molar-refractivity contribution in [1.82, 2.24) is 5.32 Å². The molecule has 2 heterocycles. The van der Waals surface area contributed by atoms with Crippen molar-refractivity contribution in [1.29, 1.82) is 0 Å². The molecule has 0 aromatic heterocycles. The molecule has 2 atom stereocenters. The second-order valence-corrected chi connectivity index (χ2v) is 8.12. The van der Waals surface area contributed by atoms with Gasteiger partial charge in [-0.05, 0) is 49.7 Å². The number of fused-ring (bicyclic) bond motifs is 1. The molecule has 1 saturated carbocycles. The third-order valence-electron chi connectivity index (χ3n) is 5.23. The Balaban J connectivity index is 1.48. The van der Waals surface area contributed by atoms with Gasteiger partial charge in [0.2, 0.25) is 0 Å². The third kappa shape index (κ3) is 3.15. The van der Waals surface area contributed by atoms with E-state index in [9.17, 15) is 0 Å². The third-order valence-corrected chi connectivity index (χ3v) is 6.48. The molecule has 114 valence electrons. The van der Waals surface area contributed by atoms with Crippen LogP contribution < -0.4 is 5.32 Å². The lowest BCUT2D eigenvalue weighted by Gasteiger charge is -2.39. The molecule has 1 aliphatic carbocycles. The van der Waals surface area contributed by atoms with Gasteiger partial charge in [0.15, 0.2) is 0 Å². The molecule has 3 heteroatoms. The smallest absolute Gasteiger partial charge is 0.0534 e. The Labute approximate surface area is 132 Å². The summed E-state index contributed by atoms with van der Waals surface area (Å²) in [7, 11) is 0. The topological polar surface area (TPSA) is 21.3 Å². The summed E-state index contributed by atoms with van der Waals surface area (Å²) in [5, 5.41) is 3.78. The molecule has 0 radical (unpaired) electrons. The highest BCUT2D eigenvalue weighted by Crippen LogP contribution is 2.47. The van der Waals surface area contributed by atoms with Crippen molar-refractivity contribution in [3.8, 4) is 0 Å². The SMILES string of the molecule is c1ccc2c(c1)SCC2CC1(CNC2CC2)CCCOC1. The van der Waals surface area contributed by atoms with Crippen molar-refractivity contribution < 1.29 is 4.74 Å². The van der Waals surface area contributed by atoms with Gasteiger partial charge in [-0.2, -0.15) is 0 Å². The molecule has 0 spiro atoms. The lowest BCUT2D eigenvalue weighted by atomic mass is 9.74. The van der Waals surface area contributed by atoms with Crippen LogP contribution in [0.4, 0.5) is 0 Å². The van der Waals surface area contributed by atoms with Gasteiger partial charge in [-0.1, -0.05) is 18.2 Å². The number of rotatable bonds is 5. The normalized spacial score (nSPS) is 32.1. The molecule has 1 saturated heterocycles. The predicted octanol–water partition coefficient (Wildman–Crippen LogP) is 3.81. The van der Waals surface area contributed by atoms with Gasteiger partial charge >= 0.3 is 0 Å². The second-order valence-electron chi connectivity index (χ2n) is 7.06. The first kappa shape index (κ1) is 14.1. The van der Waals surface area contributed by atoms with Crippen LogP contribution in [0.5, 0.6) is 0 Å². The Morgan fingerprint density at radius 1 is 1.29 bits per heavy atom. The van der Waals surface area contributed by atoms with Crippen LogP contribution in [0.25, 0.3) is 0 Å². The van der Waals surface area contributed by atoms with Gasteiger partial charge in [-0.3, -0.25) is 0 Å². The highest BCUT2D eigenvalue weighted by Gasteiger charge is 2.38. The van der Waals surface area contributed by atoms with Gasteiger partial charge in [0.25, 0.3) is 0 Å². The van der Waals surface area contributed by atoms with E-state index in [1.807, 2.05) is 11.8 Å². The number of benzene rings is 1. The first-order valence-corrected chi connectivity index (χ1v) is 9.36. The van der Waals surface area contributed by atoms with E-state index in [4.69, 9.17) is 4.74 Å². The van der Waals surface area contributed by atoms with E-state index in [-0.39, 0.29) is 0 Å². The number of thioether (sulfide) groups is 1. The van der Waals surface area contributed by atoms with Crippen molar-refractivity contribution in [3.05, 3.63) is 29.8 Å². The number of nitrogens with one attached hydrogen (secondary N) is 1. The lowest BCUT2D eigenvalue weighted by Crippen LogP contribution is -2.42. The Morgan fingerprint density at radius 3 is 3.00 bits per heavy atom. The van der Waals surface area contributed by atoms with Gasteiger partial charge in [0, 0.05) is 35.3 Å². The van der Waals surface area contributed by atoms with Gasteiger partial charge < -0.3 is 10.1 Å². The van der Waals surface area contributed by atoms with Gasteiger partial charge in [0.1, 0.15) is 0 Å². The molecule has 1 aromatic carbocycles. The predicted molar refractivity (Wildman–Crippen MR) is 88.0 cm³/mol. The van der Waals surface area contributed by atoms with E-state index >= 15 is 0 Å². The van der Waals surface area contributed by atoms with Crippen molar-refractivity contribution in [2.24, 2.45) is 5.41 Å². The molecule has 1 N–H and O–H groups in total. The van der Waals surface area contributed by atoms with Gasteiger partial charge in [-0.15, -0.1) is 11.8 Å². The van der Waals surface area contributed by atoms with Crippen LogP contribution in [0.2, 0.25) is 0 Å². The molecular weight excluding hydrogens is 278 g/mol. The van der Waals surface area contributed by atoms with Crippen LogP contribution in [0.1, 0.15) is 43.6 Å². The standard InChI is InChI=1S/C18H25NOS/c1-2-5-17-16(4-1)14(11-21-17)10-18(8-3-9-20-13-18)12-19-15-6-7-15/h1-2,4-5,14-15,19H,3,6-13H2. The fourth-order valence-electron chi connectivity index (χ4n) is 3.85. The van der Waals surface area contributed by atoms with Gasteiger partial charge in [-0.25, -0.2) is 0 Å². The van der Waals surface area contributed by atoms with E-state index in [0.717, 1.165) is 25.8 Å². The van der Waals surface area contributed by atoms with Crippen LogP contribution in [0.3, 0.4) is 0 Å². The molecule has 0 bridgehead atoms. The van der Waals surface area contributed by atoms with Crippen LogP contribution >= 0.6 is 11.8 Å². The van der Waals surface area contributed by atoms with Crippen molar-refractivity contribution in [2.75, 3.05) is 25.5 Å². The Hall–Kier alpha value is -0.510. The Morgan fingerprint density at radius 2 is 2.19 bits per heavy atom. The van der Waals surface area contributed by atoms with Crippen molar-refractivity contribution in [2.45, 2.75) is 49.0 Å². The van der Waals surface area contributed by atoms with Crippen molar-refractivity contribution >= 4 is 11.8 Å². The molecule has 0 amide bonds. The highest BCUT2D eigenvalue weighted by molar-refractivity contribution is 7.99. The minimum Gasteiger partial charge on any atom is -0.381 e. The summed E-state index contributed by atoms with van der Waals surface area (Å²) in [5.74, 6) is 1.97. The number of hydrogen-bond donors (Lipinski definition) is 1. The maximum Gasteiger partial charge on any atom is 0.0534 e. The highest BCUT2D eigenvalue weighted by atomic mass is 32.2. The Kier molecular flexibility index (Phi) is 3.99. The molecule has 2 nitrogen and oxygen atoms in total. The second kappa shape index (κ2) is 5.94. The van der Waals surface area contributed by atoms with Crippen LogP contribution in [-0.4, -0.2) is 31.6 Å². The zero-order chi connectivity index (χ0) is 14.1. The first-order chi connectivity index (χ1) is 10.3. The van der Waals surface area contributed by atoms with Gasteiger partial charge in [0.05, 0.1) is 6.61 Å². The summed E-state index contributed by atoms with van der Waals surface area (Å²) in [6.45, 7) is 3.07. The molecule has 2 fully saturated rings. The lowest BCUT2D eigenvalue weighted by molar-refractivity contribution is -0.0149. The first-order valence-electron chi connectivity index (χ1n) is 8.38. The summed E-state index contributed by atoms with van der Waals surface area (Å²) in [6, 6.07) is 9.79. The molecule has 2 unspecified atom stereocenters. The molecular formula is C18H25NOS. The fraction of sp³-hybridized carbons (Fsp3) is 0.667. The van der Waals surface area contributed by atoms with Crippen molar-refractivity contribution in [3.63, 3.8) is 0 Å². The van der Waals surface area contributed by atoms with Crippen LogP contribution in [0.15, 0.2) is 29.2 Å². The average Bonchev–Trinajstić information content (AvgIpc) is 3.28. The summed E-state index contributed by atoms with van der Waals surface area (Å²) in [5.41, 5.74) is 1.95. The number of hydrogen-bond acceptors (Lipinski definition) is 3. The molecule has 4 rings (SSSR count). The monoisotopic (exact) mass is 303 g/mol. The van der Waals surface area contributed by atoms with Crippen LogP contribution in [-0.2, 0) is 4.74 Å². The maximum atomic E-state index is 5.89. The maximum absolute atomic E-state index is 5.89. The fourth-order valence-corrected chi connectivity index (χ4v) is 5.11. The Bertz CT molecular complexity index is 494. The minimum atomic E-state index is 0.365. The largest absolute Gasteiger partial charge is 0.381 e. The molecule has 3 aliphatic rings. The average molecular weight is 303 g/mol. The van der Waals surface area contributed by atoms with E-state index < -0.39 is 0 Å². The quantitative estimate of drug-likeness (QED) is 0.893. The van der Waals surface area contributed by atoms with E-state index in [1.54, 1.807) is 5.56 Å². The van der Waals surface area contributed by atoms with E-state index in [1.165, 1.54) is 42.8 Å². The summed E-state index contributed by atoms with van der Waals surface area (Å²) in [6.07, 6.45) is 6.60. The summed E-state index contributed by atoms with van der Waals surface area (Å²) in [4.78, 5) is 1.50. The minimum absolute atomic E-state index is 0.365. The molecule has 21 heavy (non-hydrogen) atoms. The zero-order valence-electron chi connectivity index (χ0n) is 12.6. The van der Waals surface area contributed by atoms with Crippen LogP contribution in [0, 0.1) is 5.41 Å². The summed E-state index contributed by atoms with van der Waals surface area (Å²) >= 11 is 2.04. The van der Waals surface area contributed by atoms with E-state index in [2.05, 4.69) is 29.6 Å².